The number of rotatable bonds is 2. The van der Waals surface area contributed by atoms with Crippen LogP contribution in [0.25, 0.3) is 0 Å². The first-order valence-corrected chi connectivity index (χ1v) is 6.71. The molecule has 1 aromatic rings. The van der Waals surface area contributed by atoms with Crippen LogP contribution < -0.4 is 10.1 Å². The van der Waals surface area contributed by atoms with E-state index in [0.717, 1.165) is 55.9 Å². The van der Waals surface area contributed by atoms with Gasteiger partial charge in [-0.25, -0.2) is 4.39 Å². The van der Waals surface area contributed by atoms with Gasteiger partial charge in [0.25, 0.3) is 0 Å². The zero-order chi connectivity index (χ0) is 12.4. The van der Waals surface area contributed by atoms with E-state index in [1.165, 1.54) is 0 Å². The van der Waals surface area contributed by atoms with Crippen molar-refractivity contribution in [2.45, 2.75) is 19.4 Å². The van der Waals surface area contributed by atoms with Gasteiger partial charge in [0.15, 0.2) is 0 Å². The summed E-state index contributed by atoms with van der Waals surface area (Å²) in [5.74, 6) is 0.675. The molecule has 1 N–H and O–H groups in total. The third-order valence-corrected chi connectivity index (χ3v) is 3.71. The summed E-state index contributed by atoms with van der Waals surface area (Å²) in [6.07, 6.45) is 2.04. The molecule has 0 bridgehead atoms. The third-order valence-electron chi connectivity index (χ3n) is 3.71. The van der Waals surface area contributed by atoms with Crippen molar-refractivity contribution in [2.24, 2.45) is 0 Å². The molecule has 0 saturated carbocycles. The first kappa shape index (κ1) is 11.9. The lowest BCUT2D eigenvalue weighted by Crippen LogP contribution is -2.43. The molecule has 0 amide bonds. The van der Waals surface area contributed by atoms with Gasteiger partial charge in [-0.3, -0.25) is 4.90 Å². The predicted octanol–water partition coefficient (Wildman–Crippen LogP) is 1.56. The van der Waals surface area contributed by atoms with Crippen LogP contribution in [-0.2, 0) is 13.0 Å². The molecule has 98 valence electrons. The Labute approximate surface area is 107 Å². The quantitative estimate of drug-likeness (QED) is 0.862. The molecule has 2 heterocycles. The molecule has 0 aliphatic carbocycles. The van der Waals surface area contributed by atoms with Crippen molar-refractivity contribution in [3.8, 4) is 5.75 Å². The summed E-state index contributed by atoms with van der Waals surface area (Å²) in [5, 5.41) is 3.31. The standard InChI is InChI=1S/C14H19FN2O/c15-13-4-3-11-2-1-9-18-14(11)12(13)10-17-7-5-16-6-8-17/h3-4,16H,1-2,5-10H2. The number of piperazine rings is 1. The van der Waals surface area contributed by atoms with Crippen molar-refractivity contribution in [1.82, 2.24) is 10.2 Å². The second kappa shape index (κ2) is 5.24. The van der Waals surface area contributed by atoms with Crippen molar-refractivity contribution >= 4 is 0 Å². The van der Waals surface area contributed by atoms with Crippen LogP contribution in [0.5, 0.6) is 5.75 Å². The van der Waals surface area contributed by atoms with Crippen LogP contribution in [0.2, 0.25) is 0 Å². The molecule has 0 spiro atoms. The zero-order valence-electron chi connectivity index (χ0n) is 10.5. The number of nitrogens with one attached hydrogen (secondary N) is 1. The molecule has 2 aliphatic heterocycles. The van der Waals surface area contributed by atoms with Gasteiger partial charge >= 0.3 is 0 Å². The van der Waals surface area contributed by atoms with Crippen molar-refractivity contribution in [2.75, 3.05) is 32.8 Å². The van der Waals surface area contributed by atoms with Gasteiger partial charge in [0.1, 0.15) is 11.6 Å². The maximum atomic E-state index is 14.0. The molecule has 18 heavy (non-hydrogen) atoms. The Kier molecular flexibility index (Phi) is 3.48. The van der Waals surface area contributed by atoms with Crippen LogP contribution in [0.4, 0.5) is 4.39 Å². The van der Waals surface area contributed by atoms with E-state index in [-0.39, 0.29) is 5.82 Å². The average molecular weight is 250 g/mol. The molecule has 3 rings (SSSR count). The number of benzene rings is 1. The monoisotopic (exact) mass is 250 g/mol. The molecule has 0 unspecified atom stereocenters. The van der Waals surface area contributed by atoms with Crippen molar-refractivity contribution < 1.29 is 9.13 Å². The summed E-state index contributed by atoms with van der Waals surface area (Å²) in [7, 11) is 0. The lowest BCUT2D eigenvalue weighted by atomic mass is 10.0. The van der Waals surface area contributed by atoms with Crippen LogP contribution in [0.15, 0.2) is 12.1 Å². The summed E-state index contributed by atoms with van der Waals surface area (Å²) >= 11 is 0. The summed E-state index contributed by atoms with van der Waals surface area (Å²) < 4.78 is 19.7. The van der Waals surface area contributed by atoms with Gasteiger partial charge in [0.2, 0.25) is 0 Å². The Balaban J connectivity index is 1.85. The summed E-state index contributed by atoms with van der Waals surface area (Å²) in [4.78, 5) is 2.28. The van der Waals surface area contributed by atoms with E-state index in [1.807, 2.05) is 6.07 Å². The van der Waals surface area contributed by atoms with Gasteiger partial charge in [0.05, 0.1) is 6.61 Å². The van der Waals surface area contributed by atoms with E-state index in [0.29, 0.717) is 13.2 Å². The summed E-state index contributed by atoms with van der Waals surface area (Å²) in [5.41, 5.74) is 1.90. The number of nitrogens with zero attached hydrogens (tertiary/aromatic N) is 1. The molecule has 1 fully saturated rings. The van der Waals surface area contributed by atoms with E-state index >= 15 is 0 Å². The van der Waals surface area contributed by atoms with Crippen LogP contribution in [0.1, 0.15) is 17.5 Å². The molecule has 0 radical (unpaired) electrons. The van der Waals surface area contributed by atoms with Gasteiger partial charge in [-0.15, -0.1) is 0 Å². The fourth-order valence-corrected chi connectivity index (χ4v) is 2.71. The Morgan fingerprint density at radius 1 is 1.28 bits per heavy atom. The topological polar surface area (TPSA) is 24.5 Å². The smallest absolute Gasteiger partial charge is 0.131 e. The second-order valence-electron chi connectivity index (χ2n) is 4.99. The van der Waals surface area contributed by atoms with E-state index in [9.17, 15) is 4.39 Å². The van der Waals surface area contributed by atoms with E-state index in [2.05, 4.69) is 10.2 Å². The Morgan fingerprint density at radius 2 is 2.11 bits per heavy atom. The highest BCUT2D eigenvalue weighted by Gasteiger charge is 2.21. The molecular weight excluding hydrogens is 231 g/mol. The molecule has 0 atom stereocenters. The van der Waals surface area contributed by atoms with Crippen molar-refractivity contribution in [3.05, 3.63) is 29.1 Å². The molecule has 3 nitrogen and oxygen atoms in total. The molecule has 4 heteroatoms. The van der Waals surface area contributed by atoms with Gasteiger partial charge in [0, 0.05) is 38.3 Å². The average Bonchev–Trinajstić information content (AvgIpc) is 2.43. The first-order valence-electron chi connectivity index (χ1n) is 6.71. The van der Waals surface area contributed by atoms with Gasteiger partial charge in [-0.2, -0.15) is 0 Å². The molecule has 2 aliphatic rings. The first-order chi connectivity index (χ1) is 8.84. The van der Waals surface area contributed by atoms with Gasteiger partial charge < -0.3 is 10.1 Å². The van der Waals surface area contributed by atoms with Gasteiger partial charge in [-0.1, -0.05) is 6.07 Å². The SMILES string of the molecule is Fc1ccc2c(c1CN1CCNCC1)OCCC2. The van der Waals surface area contributed by atoms with Gasteiger partial charge in [-0.05, 0) is 24.5 Å². The molecular formula is C14H19FN2O. The minimum atomic E-state index is -0.130. The van der Waals surface area contributed by atoms with Crippen LogP contribution >= 0.6 is 0 Å². The normalized spacial score (nSPS) is 20.3. The minimum Gasteiger partial charge on any atom is -0.493 e. The lowest BCUT2D eigenvalue weighted by molar-refractivity contribution is 0.220. The fraction of sp³-hybridized carbons (Fsp3) is 0.571. The number of fused-ring (bicyclic) bond motifs is 1. The highest BCUT2D eigenvalue weighted by atomic mass is 19.1. The van der Waals surface area contributed by atoms with Crippen molar-refractivity contribution in [1.29, 1.82) is 0 Å². The highest BCUT2D eigenvalue weighted by Crippen LogP contribution is 2.31. The van der Waals surface area contributed by atoms with Crippen LogP contribution in [-0.4, -0.2) is 37.7 Å². The molecule has 0 aromatic heterocycles. The largest absolute Gasteiger partial charge is 0.493 e. The van der Waals surface area contributed by atoms with E-state index < -0.39 is 0 Å². The Morgan fingerprint density at radius 3 is 2.94 bits per heavy atom. The fourth-order valence-electron chi connectivity index (χ4n) is 2.71. The van der Waals surface area contributed by atoms with E-state index in [1.54, 1.807) is 6.07 Å². The number of halogens is 1. The zero-order valence-corrected chi connectivity index (χ0v) is 10.5. The number of hydrogen-bond acceptors (Lipinski definition) is 3. The maximum absolute atomic E-state index is 14.0. The lowest BCUT2D eigenvalue weighted by Gasteiger charge is -2.29. The van der Waals surface area contributed by atoms with Crippen LogP contribution in [0, 0.1) is 5.82 Å². The number of hydrogen-bond donors (Lipinski definition) is 1. The molecule has 1 saturated heterocycles. The van der Waals surface area contributed by atoms with E-state index in [4.69, 9.17) is 4.74 Å². The third kappa shape index (κ3) is 2.35. The minimum absolute atomic E-state index is 0.130. The maximum Gasteiger partial charge on any atom is 0.131 e. The van der Waals surface area contributed by atoms with Crippen molar-refractivity contribution in [3.63, 3.8) is 0 Å². The van der Waals surface area contributed by atoms with Crippen LogP contribution in [0.3, 0.4) is 0 Å². The summed E-state index contributed by atoms with van der Waals surface area (Å²) in [6, 6.07) is 3.45. The predicted molar refractivity (Wildman–Crippen MR) is 68.4 cm³/mol. The second-order valence-corrected chi connectivity index (χ2v) is 4.99. The number of ether oxygens (including phenoxy) is 1. The molecule has 1 aromatic carbocycles. The highest BCUT2D eigenvalue weighted by molar-refractivity contribution is 5.43. The Hall–Kier alpha value is -1.13. The number of aryl methyl sites for hydroxylation is 1. The summed E-state index contributed by atoms with van der Waals surface area (Å²) in [6.45, 7) is 5.29. The Bertz CT molecular complexity index is 430.